The number of aromatic nitrogens is 1. The first-order valence-corrected chi connectivity index (χ1v) is 9.14. The van der Waals surface area contributed by atoms with Crippen LogP contribution in [0.15, 0.2) is 11.6 Å². The zero-order valence-corrected chi connectivity index (χ0v) is 14.0. The van der Waals surface area contributed by atoms with Gasteiger partial charge in [0.15, 0.2) is 0 Å². The second-order valence-corrected chi connectivity index (χ2v) is 7.26. The van der Waals surface area contributed by atoms with E-state index in [9.17, 15) is 14.7 Å². The summed E-state index contributed by atoms with van der Waals surface area (Å²) in [6, 6.07) is 0. The number of hydrogen-bond donors (Lipinski definition) is 1. The van der Waals surface area contributed by atoms with Gasteiger partial charge in [-0.15, -0.1) is 11.3 Å². The molecule has 0 unspecified atom stereocenters. The molecular weight excluding hydrogens is 314 g/mol. The van der Waals surface area contributed by atoms with Crippen molar-refractivity contribution >= 4 is 23.2 Å². The van der Waals surface area contributed by atoms with Crippen molar-refractivity contribution in [2.75, 3.05) is 26.2 Å². The number of aliphatic hydroxyl groups excluding tert-OH is 1. The molecule has 1 saturated carbocycles. The molecule has 1 N–H and O–H groups in total. The zero-order chi connectivity index (χ0) is 16.2. The third kappa shape index (κ3) is 4.09. The highest BCUT2D eigenvalue weighted by Gasteiger charge is 2.36. The largest absolute Gasteiger partial charge is 0.395 e. The van der Waals surface area contributed by atoms with Crippen molar-refractivity contribution < 1.29 is 14.7 Å². The number of nitrogens with zero attached hydrogens (tertiary/aromatic N) is 3. The van der Waals surface area contributed by atoms with Crippen molar-refractivity contribution in [3.05, 3.63) is 16.6 Å². The molecule has 1 aromatic heterocycles. The highest BCUT2D eigenvalue weighted by atomic mass is 32.1. The molecule has 2 amide bonds. The predicted octanol–water partition coefficient (Wildman–Crippen LogP) is 1.11. The van der Waals surface area contributed by atoms with E-state index in [4.69, 9.17) is 0 Å². The second kappa shape index (κ2) is 7.40. The lowest BCUT2D eigenvalue weighted by Gasteiger charge is -2.34. The van der Waals surface area contributed by atoms with Crippen LogP contribution in [0, 0.1) is 11.8 Å². The zero-order valence-electron chi connectivity index (χ0n) is 13.2. The molecule has 0 spiro atoms. The van der Waals surface area contributed by atoms with Gasteiger partial charge in [-0.2, -0.15) is 0 Å². The first kappa shape index (κ1) is 16.4. The predicted molar refractivity (Wildman–Crippen MR) is 86.6 cm³/mol. The minimum Gasteiger partial charge on any atom is -0.395 e. The summed E-state index contributed by atoms with van der Waals surface area (Å²) in [4.78, 5) is 32.6. The average Bonchev–Trinajstić information content (AvgIpc) is 3.31. The summed E-state index contributed by atoms with van der Waals surface area (Å²) in [6.45, 7) is 2.10. The van der Waals surface area contributed by atoms with Gasteiger partial charge in [-0.05, 0) is 25.7 Å². The van der Waals surface area contributed by atoms with E-state index in [0.717, 1.165) is 30.7 Å². The minimum atomic E-state index is -0.0511. The van der Waals surface area contributed by atoms with E-state index in [0.29, 0.717) is 26.2 Å². The van der Waals surface area contributed by atoms with Crippen molar-refractivity contribution in [2.45, 2.75) is 32.2 Å². The Morgan fingerprint density at radius 2 is 2.00 bits per heavy atom. The molecule has 0 aromatic carbocycles. The molecule has 0 bridgehead atoms. The minimum absolute atomic E-state index is 0.0455. The van der Waals surface area contributed by atoms with Crippen LogP contribution in [-0.4, -0.2) is 57.9 Å². The Hall–Kier alpha value is -1.47. The lowest BCUT2D eigenvalue weighted by molar-refractivity contribution is -0.142. The molecule has 2 heterocycles. The van der Waals surface area contributed by atoms with Crippen LogP contribution in [0.25, 0.3) is 0 Å². The maximum absolute atomic E-state index is 12.7. The fourth-order valence-corrected chi connectivity index (χ4v) is 3.71. The van der Waals surface area contributed by atoms with Crippen LogP contribution >= 0.6 is 11.3 Å². The molecule has 126 valence electrons. The van der Waals surface area contributed by atoms with E-state index in [1.54, 1.807) is 11.1 Å². The molecule has 7 heteroatoms. The maximum Gasteiger partial charge on any atom is 0.226 e. The van der Waals surface area contributed by atoms with E-state index in [-0.39, 0.29) is 30.3 Å². The van der Waals surface area contributed by atoms with Crippen LogP contribution in [0.1, 0.15) is 30.7 Å². The highest BCUT2D eigenvalue weighted by molar-refractivity contribution is 7.09. The monoisotopic (exact) mass is 337 g/mol. The van der Waals surface area contributed by atoms with Gasteiger partial charge in [0.1, 0.15) is 5.01 Å². The van der Waals surface area contributed by atoms with Gasteiger partial charge < -0.3 is 14.9 Å². The standard InChI is InChI=1S/C16H23N3O3S/c20-9-8-19(11-14-17-5-10-23-14)16(22)13-3-6-18(7-4-13)15(21)12-1-2-12/h5,10,12-13,20H,1-4,6-9,11H2. The number of hydrogen-bond acceptors (Lipinski definition) is 5. The Balaban J connectivity index is 1.54. The van der Waals surface area contributed by atoms with Crippen LogP contribution in [0.2, 0.25) is 0 Å². The van der Waals surface area contributed by atoms with Gasteiger partial charge in [0.2, 0.25) is 11.8 Å². The Morgan fingerprint density at radius 1 is 1.26 bits per heavy atom. The summed E-state index contributed by atoms with van der Waals surface area (Å²) >= 11 is 1.52. The van der Waals surface area contributed by atoms with E-state index in [1.807, 2.05) is 10.3 Å². The van der Waals surface area contributed by atoms with Gasteiger partial charge in [0, 0.05) is 43.0 Å². The number of rotatable bonds is 6. The Bertz CT molecular complexity index is 537. The maximum atomic E-state index is 12.7. The van der Waals surface area contributed by atoms with Crippen LogP contribution in [0.4, 0.5) is 0 Å². The Kier molecular flexibility index (Phi) is 5.27. The summed E-state index contributed by atoms with van der Waals surface area (Å²) in [7, 11) is 0. The number of likely N-dealkylation sites (tertiary alicyclic amines) is 1. The van der Waals surface area contributed by atoms with Crippen LogP contribution < -0.4 is 0 Å². The lowest BCUT2D eigenvalue weighted by Crippen LogP contribution is -2.45. The van der Waals surface area contributed by atoms with E-state index in [2.05, 4.69) is 4.98 Å². The summed E-state index contributed by atoms with van der Waals surface area (Å²) in [5.74, 6) is 0.543. The summed E-state index contributed by atoms with van der Waals surface area (Å²) in [5.41, 5.74) is 0. The van der Waals surface area contributed by atoms with Gasteiger partial charge in [-0.3, -0.25) is 9.59 Å². The molecule has 1 saturated heterocycles. The molecule has 1 aromatic rings. The number of thiazole rings is 1. The quantitative estimate of drug-likeness (QED) is 0.844. The Morgan fingerprint density at radius 3 is 2.57 bits per heavy atom. The molecule has 1 aliphatic heterocycles. The van der Waals surface area contributed by atoms with E-state index in [1.165, 1.54) is 11.3 Å². The van der Waals surface area contributed by atoms with Crippen LogP contribution in [0.5, 0.6) is 0 Å². The van der Waals surface area contributed by atoms with E-state index >= 15 is 0 Å². The summed E-state index contributed by atoms with van der Waals surface area (Å²) in [5, 5.41) is 12.0. The summed E-state index contributed by atoms with van der Waals surface area (Å²) in [6.07, 6.45) is 5.21. The van der Waals surface area contributed by atoms with Crippen molar-refractivity contribution in [2.24, 2.45) is 11.8 Å². The van der Waals surface area contributed by atoms with Crippen molar-refractivity contribution in [3.63, 3.8) is 0 Å². The number of piperidine rings is 1. The molecule has 3 rings (SSSR count). The molecule has 2 aliphatic rings. The summed E-state index contributed by atoms with van der Waals surface area (Å²) < 4.78 is 0. The van der Waals surface area contributed by atoms with Gasteiger partial charge in [-0.25, -0.2) is 4.98 Å². The van der Waals surface area contributed by atoms with Crippen LogP contribution in [0.3, 0.4) is 0 Å². The fourth-order valence-electron chi connectivity index (χ4n) is 3.08. The number of carbonyl (C=O) groups is 2. The van der Waals surface area contributed by atoms with Crippen molar-refractivity contribution in [1.29, 1.82) is 0 Å². The number of amides is 2. The van der Waals surface area contributed by atoms with Gasteiger partial charge in [0.05, 0.1) is 13.2 Å². The molecule has 2 fully saturated rings. The third-order valence-corrected chi connectivity index (χ3v) is 5.34. The molecular formula is C16H23N3O3S. The third-order valence-electron chi connectivity index (χ3n) is 4.57. The molecule has 0 atom stereocenters. The van der Waals surface area contributed by atoms with Gasteiger partial charge in [-0.1, -0.05) is 0 Å². The molecule has 23 heavy (non-hydrogen) atoms. The first-order valence-electron chi connectivity index (χ1n) is 8.26. The molecule has 6 nitrogen and oxygen atoms in total. The molecule has 1 aliphatic carbocycles. The normalized spacial score (nSPS) is 18.9. The lowest BCUT2D eigenvalue weighted by atomic mass is 9.95. The SMILES string of the molecule is O=C(C1CC1)N1CCC(C(=O)N(CCO)Cc2nccs2)CC1. The van der Waals surface area contributed by atoms with Crippen molar-refractivity contribution in [3.8, 4) is 0 Å². The number of aliphatic hydroxyl groups is 1. The van der Waals surface area contributed by atoms with Gasteiger partial charge >= 0.3 is 0 Å². The van der Waals surface area contributed by atoms with E-state index < -0.39 is 0 Å². The first-order chi connectivity index (χ1) is 11.2. The topological polar surface area (TPSA) is 73.7 Å². The fraction of sp³-hybridized carbons (Fsp3) is 0.688. The van der Waals surface area contributed by atoms with Crippen molar-refractivity contribution in [1.82, 2.24) is 14.8 Å². The van der Waals surface area contributed by atoms with Crippen LogP contribution in [-0.2, 0) is 16.1 Å². The highest BCUT2D eigenvalue weighted by Crippen LogP contribution is 2.32. The second-order valence-electron chi connectivity index (χ2n) is 6.28. The van der Waals surface area contributed by atoms with Gasteiger partial charge in [0.25, 0.3) is 0 Å². The Labute approximate surface area is 140 Å². The average molecular weight is 337 g/mol. The molecule has 0 radical (unpaired) electrons. The smallest absolute Gasteiger partial charge is 0.226 e. The number of carbonyl (C=O) groups excluding carboxylic acids is 2.